The Morgan fingerprint density at radius 2 is 1.58 bits per heavy atom. The molecule has 6 heteroatoms. The fourth-order valence-electron chi connectivity index (χ4n) is 5.04. The molecule has 2 aromatic carbocycles. The molecule has 2 amide bonds. The van der Waals surface area contributed by atoms with Gasteiger partial charge in [-0.15, -0.1) is 0 Å². The summed E-state index contributed by atoms with van der Waals surface area (Å²) in [5, 5.41) is 1.20. The molecule has 2 aliphatic rings. The van der Waals surface area contributed by atoms with E-state index >= 15 is 0 Å². The summed E-state index contributed by atoms with van der Waals surface area (Å²) in [5.41, 5.74) is 5.66. The minimum Gasteiger partial charge on any atom is -0.358 e. The molecule has 1 saturated heterocycles. The van der Waals surface area contributed by atoms with Gasteiger partial charge in [0.05, 0.1) is 13.1 Å². The molecular weight excluding hydrogens is 412 g/mol. The van der Waals surface area contributed by atoms with Crippen LogP contribution in [-0.2, 0) is 22.6 Å². The van der Waals surface area contributed by atoms with E-state index in [1.807, 2.05) is 58.0 Å². The van der Waals surface area contributed by atoms with Crippen molar-refractivity contribution in [3.8, 4) is 0 Å². The van der Waals surface area contributed by atoms with Crippen LogP contribution in [0.25, 0.3) is 10.9 Å². The molecule has 6 nitrogen and oxygen atoms in total. The molecule has 0 saturated carbocycles. The first kappa shape index (κ1) is 21.6. The average molecular weight is 445 g/mol. The Balaban J connectivity index is 1.33. The van der Waals surface area contributed by atoms with E-state index in [1.54, 1.807) is 0 Å². The third-order valence-electron chi connectivity index (χ3n) is 7.00. The third kappa shape index (κ3) is 4.61. The van der Waals surface area contributed by atoms with Gasteiger partial charge in [-0.2, -0.15) is 0 Å². The molecule has 1 fully saturated rings. The average Bonchev–Trinajstić information content (AvgIpc) is 3.22. The Morgan fingerprint density at radius 3 is 2.33 bits per heavy atom. The van der Waals surface area contributed by atoms with Gasteiger partial charge in [-0.05, 0) is 44.4 Å². The molecule has 1 aromatic heterocycles. The first-order valence-electron chi connectivity index (χ1n) is 12.0. The van der Waals surface area contributed by atoms with Gasteiger partial charge in [0.2, 0.25) is 11.8 Å². The van der Waals surface area contributed by atoms with Crippen molar-refractivity contribution in [2.24, 2.45) is 0 Å². The van der Waals surface area contributed by atoms with Crippen LogP contribution in [0.3, 0.4) is 0 Å². The number of rotatable bonds is 5. The quantitative estimate of drug-likeness (QED) is 0.650. The molecular formula is C27H32N4O2. The zero-order valence-electron chi connectivity index (χ0n) is 19.3. The van der Waals surface area contributed by atoms with Crippen molar-refractivity contribution in [1.29, 1.82) is 0 Å². The summed E-state index contributed by atoms with van der Waals surface area (Å²) in [4.78, 5) is 35.8. The number of nitrogens with one attached hydrogen (secondary N) is 1. The van der Waals surface area contributed by atoms with Gasteiger partial charge in [0.25, 0.3) is 0 Å². The highest BCUT2D eigenvalue weighted by Crippen LogP contribution is 2.28. The number of amides is 2. The lowest BCUT2D eigenvalue weighted by atomic mass is 10.0. The predicted octanol–water partition coefficient (Wildman–Crippen LogP) is 3.88. The molecule has 0 spiro atoms. The van der Waals surface area contributed by atoms with E-state index in [-0.39, 0.29) is 24.9 Å². The van der Waals surface area contributed by atoms with E-state index in [4.69, 9.17) is 0 Å². The van der Waals surface area contributed by atoms with Crippen LogP contribution < -0.4 is 4.90 Å². The molecule has 0 radical (unpaired) electrons. The molecule has 2 aliphatic heterocycles. The lowest BCUT2D eigenvalue weighted by Crippen LogP contribution is -2.47. The van der Waals surface area contributed by atoms with Crippen LogP contribution in [-0.4, -0.2) is 59.3 Å². The van der Waals surface area contributed by atoms with Crippen LogP contribution in [0, 0.1) is 6.92 Å². The number of hydrogen-bond acceptors (Lipinski definition) is 3. The molecule has 0 unspecified atom stereocenters. The van der Waals surface area contributed by atoms with Crippen LogP contribution in [0.4, 0.5) is 5.69 Å². The molecule has 3 heterocycles. The lowest BCUT2D eigenvalue weighted by Gasteiger charge is -2.33. The molecule has 172 valence electrons. The van der Waals surface area contributed by atoms with E-state index in [2.05, 4.69) is 17.1 Å². The lowest BCUT2D eigenvalue weighted by molar-refractivity contribution is -0.131. The predicted molar refractivity (Wildman–Crippen MR) is 131 cm³/mol. The summed E-state index contributed by atoms with van der Waals surface area (Å²) in [6.45, 7) is 5.44. The largest absolute Gasteiger partial charge is 0.358 e. The number of hydrogen-bond donors (Lipinski definition) is 1. The third-order valence-corrected chi connectivity index (χ3v) is 7.00. The maximum atomic E-state index is 13.4. The molecule has 0 aliphatic carbocycles. The number of aromatic nitrogens is 1. The maximum absolute atomic E-state index is 13.4. The summed E-state index contributed by atoms with van der Waals surface area (Å²) < 4.78 is 0. The van der Waals surface area contributed by atoms with Crippen LogP contribution in [0.15, 0.2) is 48.5 Å². The second-order valence-corrected chi connectivity index (χ2v) is 9.33. The topological polar surface area (TPSA) is 59.7 Å². The Bertz CT molecular complexity index is 1140. The van der Waals surface area contributed by atoms with Gasteiger partial charge >= 0.3 is 0 Å². The Morgan fingerprint density at radius 1 is 0.879 bits per heavy atom. The number of nitrogens with zero attached hydrogens (tertiary/aromatic N) is 3. The van der Waals surface area contributed by atoms with Crippen molar-refractivity contribution in [1.82, 2.24) is 14.8 Å². The monoisotopic (exact) mass is 444 g/mol. The van der Waals surface area contributed by atoms with Gasteiger partial charge in [-0.25, -0.2) is 0 Å². The van der Waals surface area contributed by atoms with Gasteiger partial charge in [0.15, 0.2) is 0 Å². The first-order chi connectivity index (χ1) is 16.1. The number of aryl methyl sites for hydroxylation is 1. The number of aromatic amines is 1. The normalized spacial score (nSPS) is 16.0. The first-order valence-corrected chi connectivity index (χ1v) is 12.0. The molecule has 1 N–H and O–H groups in total. The van der Waals surface area contributed by atoms with Crippen molar-refractivity contribution in [3.63, 3.8) is 0 Å². The molecule has 0 atom stereocenters. The molecule has 5 rings (SSSR count). The number of carbonyl (C=O) groups excluding carboxylic acids is 2. The van der Waals surface area contributed by atoms with Gasteiger partial charge in [0.1, 0.15) is 0 Å². The van der Waals surface area contributed by atoms with Gasteiger partial charge < -0.3 is 19.7 Å². The van der Waals surface area contributed by atoms with Crippen molar-refractivity contribution in [3.05, 3.63) is 65.4 Å². The van der Waals surface area contributed by atoms with E-state index in [0.29, 0.717) is 13.1 Å². The Hall–Kier alpha value is -3.28. The fraction of sp³-hybridized carbons (Fsp3) is 0.407. The van der Waals surface area contributed by atoms with Crippen LogP contribution in [0.2, 0.25) is 0 Å². The molecule has 3 aromatic rings. The van der Waals surface area contributed by atoms with Crippen LogP contribution >= 0.6 is 0 Å². The SMILES string of the molecule is Cc1ccc(N(CC(=O)N2CCCCC2)CC(=O)N2CCc3[nH]c4ccccc4c3C2)cc1. The Labute approximate surface area is 195 Å². The van der Waals surface area contributed by atoms with Crippen molar-refractivity contribution >= 4 is 28.4 Å². The number of carbonyl (C=O) groups is 2. The van der Waals surface area contributed by atoms with Crippen molar-refractivity contribution < 1.29 is 9.59 Å². The number of likely N-dealkylation sites (tertiary alicyclic amines) is 1. The second-order valence-electron chi connectivity index (χ2n) is 9.33. The highest BCUT2D eigenvalue weighted by Gasteiger charge is 2.27. The van der Waals surface area contributed by atoms with Crippen LogP contribution in [0.1, 0.15) is 36.1 Å². The maximum Gasteiger partial charge on any atom is 0.242 e. The standard InChI is InChI=1S/C27H32N4O2/c1-20-9-11-21(12-10-20)31(18-26(32)29-14-5-2-6-15-29)19-27(33)30-16-13-25-23(17-30)22-7-3-4-8-24(22)28-25/h3-4,7-12,28H,2,5-6,13-19H2,1H3. The molecule has 33 heavy (non-hydrogen) atoms. The summed E-state index contributed by atoms with van der Waals surface area (Å²) in [6.07, 6.45) is 4.15. The number of piperidine rings is 1. The highest BCUT2D eigenvalue weighted by atomic mass is 16.2. The second kappa shape index (κ2) is 9.30. The van der Waals surface area contributed by atoms with Gasteiger partial charge in [-0.1, -0.05) is 35.9 Å². The number of H-pyrrole nitrogens is 1. The summed E-state index contributed by atoms with van der Waals surface area (Å²) >= 11 is 0. The fourth-order valence-corrected chi connectivity index (χ4v) is 5.04. The summed E-state index contributed by atoms with van der Waals surface area (Å²) in [6, 6.07) is 16.4. The van der Waals surface area contributed by atoms with Crippen molar-refractivity contribution in [2.75, 3.05) is 37.6 Å². The van der Waals surface area contributed by atoms with Gasteiger partial charge in [0, 0.05) is 60.4 Å². The molecule has 0 bridgehead atoms. The summed E-state index contributed by atoms with van der Waals surface area (Å²) in [7, 11) is 0. The number of fused-ring (bicyclic) bond motifs is 3. The van der Waals surface area contributed by atoms with E-state index < -0.39 is 0 Å². The van der Waals surface area contributed by atoms with Crippen LogP contribution in [0.5, 0.6) is 0 Å². The van der Waals surface area contributed by atoms with E-state index in [9.17, 15) is 9.59 Å². The Kier molecular flexibility index (Phi) is 6.07. The number of benzene rings is 2. The minimum absolute atomic E-state index is 0.0675. The zero-order chi connectivity index (χ0) is 22.8. The summed E-state index contributed by atoms with van der Waals surface area (Å²) in [5.74, 6) is 0.179. The smallest absolute Gasteiger partial charge is 0.242 e. The minimum atomic E-state index is 0.0675. The number of anilines is 1. The van der Waals surface area contributed by atoms with E-state index in [0.717, 1.165) is 49.1 Å². The zero-order valence-corrected chi connectivity index (χ0v) is 19.3. The van der Waals surface area contributed by atoms with E-state index in [1.165, 1.54) is 23.1 Å². The van der Waals surface area contributed by atoms with Crippen molar-refractivity contribution in [2.45, 2.75) is 39.2 Å². The number of para-hydroxylation sites is 1. The highest BCUT2D eigenvalue weighted by molar-refractivity contribution is 5.88. The van der Waals surface area contributed by atoms with Gasteiger partial charge in [-0.3, -0.25) is 9.59 Å².